The maximum absolute atomic E-state index is 11.3. The fourth-order valence-electron chi connectivity index (χ4n) is 3.18. The molecular formula is C19H39N5O. The summed E-state index contributed by atoms with van der Waals surface area (Å²) in [7, 11) is 0. The Morgan fingerprint density at radius 2 is 2.08 bits per heavy atom. The van der Waals surface area contributed by atoms with Crippen molar-refractivity contribution in [2.75, 3.05) is 32.7 Å². The van der Waals surface area contributed by atoms with E-state index >= 15 is 0 Å². The minimum Gasteiger partial charge on any atom is -0.369 e. The average molecular weight is 354 g/mol. The Balaban J connectivity index is 2.33. The van der Waals surface area contributed by atoms with Crippen molar-refractivity contribution < 1.29 is 4.79 Å². The molecular weight excluding hydrogens is 314 g/mol. The number of nitrogens with zero attached hydrogens (tertiary/aromatic N) is 2. The number of aliphatic imine (C=N–C) groups is 1. The van der Waals surface area contributed by atoms with Crippen molar-refractivity contribution in [1.82, 2.24) is 15.5 Å². The maximum atomic E-state index is 11.3. The third-order valence-corrected chi connectivity index (χ3v) is 4.71. The van der Waals surface area contributed by atoms with Gasteiger partial charge in [-0.05, 0) is 65.0 Å². The molecule has 0 saturated carbocycles. The van der Waals surface area contributed by atoms with Gasteiger partial charge in [0.25, 0.3) is 0 Å². The van der Waals surface area contributed by atoms with Crippen LogP contribution in [0.25, 0.3) is 0 Å². The van der Waals surface area contributed by atoms with E-state index in [1.165, 1.54) is 6.42 Å². The van der Waals surface area contributed by atoms with Gasteiger partial charge in [0.15, 0.2) is 5.96 Å². The molecule has 0 aliphatic carbocycles. The number of nitrogens with two attached hydrogens (primary N) is 1. The zero-order chi connectivity index (χ0) is 18.7. The molecule has 1 amide bonds. The van der Waals surface area contributed by atoms with Crippen LogP contribution in [0.15, 0.2) is 4.99 Å². The smallest absolute Gasteiger partial charge is 0.221 e. The van der Waals surface area contributed by atoms with Gasteiger partial charge < -0.3 is 21.3 Å². The molecule has 0 radical (unpaired) electrons. The first-order valence-electron chi connectivity index (χ1n) is 9.98. The van der Waals surface area contributed by atoms with Crippen molar-refractivity contribution >= 4 is 11.9 Å². The molecule has 6 nitrogen and oxygen atoms in total. The Kier molecular flexibility index (Phi) is 10.5. The zero-order valence-corrected chi connectivity index (χ0v) is 16.7. The standard InChI is InChI=1S/C19H39N5O/c1-5-21-19(23-16(4)10-9-15(2)3)22-11-7-13-24-12-6-8-17(14-24)18(20)25/h15-17H,5-14H2,1-4H3,(H2,20,25)(H2,21,22,23). The van der Waals surface area contributed by atoms with Gasteiger partial charge in [-0.3, -0.25) is 9.79 Å². The lowest BCUT2D eigenvalue weighted by Crippen LogP contribution is -2.43. The predicted octanol–water partition coefficient (Wildman–Crippen LogP) is 1.95. The molecule has 1 aliphatic heterocycles. The molecule has 146 valence electrons. The first kappa shape index (κ1) is 21.7. The van der Waals surface area contributed by atoms with E-state index in [9.17, 15) is 4.79 Å². The van der Waals surface area contributed by atoms with Gasteiger partial charge in [-0.1, -0.05) is 13.8 Å². The summed E-state index contributed by atoms with van der Waals surface area (Å²) >= 11 is 0. The number of rotatable bonds is 10. The van der Waals surface area contributed by atoms with Crippen LogP contribution in [-0.2, 0) is 4.79 Å². The molecule has 0 spiro atoms. The summed E-state index contributed by atoms with van der Waals surface area (Å²) < 4.78 is 0. The number of hydrogen-bond donors (Lipinski definition) is 3. The molecule has 2 unspecified atom stereocenters. The number of amides is 1. The average Bonchev–Trinajstić information content (AvgIpc) is 2.57. The summed E-state index contributed by atoms with van der Waals surface area (Å²) in [5.41, 5.74) is 5.44. The number of hydrogen-bond acceptors (Lipinski definition) is 3. The van der Waals surface area contributed by atoms with E-state index in [-0.39, 0.29) is 11.8 Å². The molecule has 1 fully saturated rings. The summed E-state index contributed by atoms with van der Waals surface area (Å²) in [4.78, 5) is 18.4. The van der Waals surface area contributed by atoms with E-state index in [0.29, 0.717) is 6.04 Å². The van der Waals surface area contributed by atoms with Crippen LogP contribution in [0, 0.1) is 11.8 Å². The highest BCUT2D eigenvalue weighted by Crippen LogP contribution is 2.16. The molecule has 1 aliphatic rings. The monoisotopic (exact) mass is 353 g/mol. The van der Waals surface area contributed by atoms with Crippen molar-refractivity contribution in [3.63, 3.8) is 0 Å². The van der Waals surface area contributed by atoms with E-state index in [0.717, 1.165) is 70.3 Å². The minimum absolute atomic E-state index is 0.0260. The fraction of sp³-hybridized carbons (Fsp3) is 0.895. The first-order chi connectivity index (χ1) is 11.9. The largest absolute Gasteiger partial charge is 0.369 e. The van der Waals surface area contributed by atoms with Crippen molar-refractivity contribution in [2.24, 2.45) is 22.6 Å². The first-order valence-corrected chi connectivity index (χ1v) is 9.98. The summed E-state index contributed by atoms with van der Waals surface area (Å²) in [6, 6.07) is 0.429. The molecule has 0 aromatic rings. The van der Waals surface area contributed by atoms with Gasteiger partial charge in [0.2, 0.25) is 5.91 Å². The molecule has 0 aromatic carbocycles. The Bertz CT molecular complexity index is 411. The van der Waals surface area contributed by atoms with Gasteiger partial charge >= 0.3 is 0 Å². The van der Waals surface area contributed by atoms with Crippen LogP contribution in [-0.4, -0.2) is 55.5 Å². The maximum Gasteiger partial charge on any atom is 0.221 e. The summed E-state index contributed by atoms with van der Waals surface area (Å²) in [6.45, 7) is 13.3. The van der Waals surface area contributed by atoms with Gasteiger partial charge in [-0.15, -0.1) is 0 Å². The minimum atomic E-state index is -0.156. The Morgan fingerprint density at radius 3 is 2.72 bits per heavy atom. The van der Waals surface area contributed by atoms with E-state index < -0.39 is 0 Å². The SMILES string of the molecule is CCNC(=NCCCN1CCCC(C(N)=O)C1)NC(C)CCC(C)C. The second kappa shape index (κ2) is 12.1. The number of primary amides is 1. The van der Waals surface area contributed by atoms with Crippen molar-refractivity contribution in [1.29, 1.82) is 0 Å². The van der Waals surface area contributed by atoms with Crippen LogP contribution < -0.4 is 16.4 Å². The van der Waals surface area contributed by atoms with Gasteiger partial charge in [-0.2, -0.15) is 0 Å². The van der Waals surface area contributed by atoms with Gasteiger partial charge in [0.05, 0.1) is 5.92 Å². The third kappa shape index (κ3) is 9.68. The molecule has 1 saturated heterocycles. The number of piperidine rings is 1. The van der Waals surface area contributed by atoms with Crippen LogP contribution in [0.5, 0.6) is 0 Å². The number of carbonyl (C=O) groups excluding carboxylic acids is 1. The van der Waals surface area contributed by atoms with E-state index in [2.05, 4.69) is 43.2 Å². The van der Waals surface area contributed by atoms with Crippen LogP contribution >= 0.6 is 0 Å². The number of nitrogens with one attached hydrogen (secondary N) is 2. The molecule has 0 bridgehead atoms. The highest BCUT2D eigenvalue weighted by Gasteiger charge is 2.23. The summed E-state index contributed by atoms with van der Waals surface area (Å²) in [6.07, 6.45) is 5.39. The van der Waals surface area contributed by atoms with Crippen LogP contribution in [0.2, 0.25) is 0 Å². The quantitative estimate of drug-likeness (QED) is 0.318. The Hall–Kier alpha value is -1.30. The van der Waals surface area contributed by atoms with E-state index in [4.69, 9.17) is 10.7 Å². The lowest BCUT2D eigenvalue weighted by atomic mass is 9.97. The van der Waals surface area contributed by atoms with Gasteiger partial charge in [-0.25, -0.2) is 0 Å². The number of carbonyl (C=O) groups is 1. The lowest BCUT2D eigenvalue weighted by molar-refractivity contribution is -0.123. The van der Waals surface area contributed by atoms with Gasteiger partial charge in [0, 0.05) is 25.7 Å². The molecule has 25 heavy (non-hydrogen) atoms. The topological polar surface area (TPSA) is 82.8 Å². The van der Waals surface area contributed by atoms with Crippen LogP contribution in [0.3, 0.4) is 0 Å². The number of guanidine groups is 1. The van der Waals surface area contributed by atoms with Crippen LogP contribution in [0.1, 0.15) is 59.8 Å². The highest BCUT2D eigenvalue weighted by molar-refractivity contribution is 5.80. The predicted molar refractivity (Wildman–Crippen MR) is 106 cm³/mol. The molecule has 6 heteroatoms. The zero-order valence-electron chi connectivity index (χ0n) is 16.7. The fourth-order valence-corrected chi connectivity index (χ4v) is 3.18. The Morgan fingerprint density at radius 1 is 1.32 bits per heavy atom. The lowest BCUT2D eigenvalue weighted by Gasteiger charge is -2.30. The number of likely N-dealkylation sites (tertiary alicyclic amines) is 1. The Labute approximate surface area is 154 Å². The van der Waals surface area contributed by atoms with Gasteiger partial charge in [0.1, 0.15) is 0 Å². The molecule has 1 heterocycles. The molecule has 4 N–H and O–H groups in total. The van der Waals surface area contributed by atoms with E-state index in [1.807, 2.05) is 0 Å². The second-order valence-corrected chi connectivity index (χ2v) is 7.67. The summed E-state index contributed by atoms with van der Waals surface area (Å²) in [5, 5.41) is 6.82. The molecule has 0 aromatic heterocycles. The normalized spacial score (nSPS) is 20.5. The molecule has 1 rings (SSSR count). The second-order valence-electron chi connectivity index (χ2n) is 7.67. The van der Waals surface area contributed by atoms with Crippen molar-refractivity contribution in [2.45, 2.75) is 65.8 Å². The molecule has 2 atom stereocenters. The highest BCUT2D eigenvalue weighted by atomic mass is 16.1. The van der Waals surface area contributed by atoms with Crippen molar-refractivity contribution in [3.05, 3.63) is 0 Å². The van der Waals surface area contributed by atoms with Crippen molar-refractivity contribution in [3.8, 4) is 0 Å². The van der Waals surface area contributed by atoms with E-state index in [1.54, 1.807) is 0 Å². The van der Waals surface area contributed by atoms with Crippen LogP contribution in [0.4, 0.5) is 0 Å². The third-order valence-electron chi connectivity index (χ3n) is 4.71. The summed E-state index contributed by atoms with van der Waals surface area (Å²) in [5.74, 6) is 1.51.